The lowest BCUT2D eigenvalue weighted by Gasteiger charge is -2.26. The van der Waals surface area contributed by atoms with Crippen LogP contribution in [0.1, 0.15) is 29.2 Å². The number of rotatable bonds is 14. The first-order valence-electron chi connectivity index (χ1n) is 10.7. The summed E-state index contributed by atoms with van der Waals surface area (Å²) < 4.78 is 51.1. The molecule has 35 heavy (non-hydrogen) atoms. The topological polar surface area (TPSA) is 173 Å². The van der Waals surface area contributed by atoms with Crippen molar-refractivity contribution in [2.75, 3.05) is 27.1 Å². The summed E-state index contributed by atoms with van der Waals surface area (Å²) in [6.07, 6.45) is -1.04. The van der Waals surface area contributed by atoms with Crippen LogP contribution in [0.5, 0.6) is 0 Å². The molecule has 11 nitrogen and oxygen atoms in total. The number of hydrogen-bond acceptors (Lipinski definition) is 8. The minimum atomic E-state index is -4.17. The van der Waals surface area contributed by atoms with Gasteiger partial charge in [-0.1, -0.05) is 30.3 Å². The fourth-order valence-corrected chi connectivity index (χ4v) is 6.31. The molecule has 3 atom stereocenters. The van der Waals surface area contributed by atoms with Crippen molar-refractivity contribution in [1.82, 2.24) is 4.90 Å². The van der Waals surface area contributed by atoms with Crippen molar-refractivity contribution in [2.24, 2.45) is 0 Å². The molecule has 0 saturated heterocycles. The van der Waals surface area contributed by atoms with E-state index in [4.69, 9.17) is 4.52 Å². The summed E-state index contributed by atoms with van der Waals surface area (Å²) in [7, 11) is -9.86. The van der Waals surface area contributed by atoms with Crippen molar-refractivity contribution >= 4 is 28.5 Å². The Balaban J connectivity index is 2.44. The van der Waals surface area contributed by atoms with Gasteiger partial charge in [-0.05, 0) is 35.2 Å². The first-order valence-corrected chi connectivity index (χ1v) is 16.0. The first-order chi connectivity index (χ1) is 16.3. The van der Waals surface area contributed by atoms with Crippen molar-refractivity contribution in [3.63, 3.8) is 0 Å². The highest BCUT2D eigenvalue weighted by atomic mass is 31.2. The molecule has 0 bridgehead atoms. The van der Waals surface area contributed by atoms with Gasteiger partial charge in [0.1, 0.15) is 19.6 Å². The van der Waals surface area contributed by atoms with E-state index in [-0.39, 0.29) is 32.1 Å². The van der Waals surface area contributed by atoms with Crippen LogP contribution in [0.15, 0.2) is 42.5 Å². The Hall–Kier alpha value is -1.19. The zero-order valence-corrected chi connectivity index (χ0v) is 22.7. The highest BCUT2D eigenvalue weighted by Crippen LogP contribution is 2.46. The molecule has 0 amide bonds. The van der Waals surface area contributed by atoms with Crippen LogP contribution in [-0.2, 0) is 52.7 Å². The van der Waals surface area contributed by atoms with Gasteiger partial charge in [0.2, 0.25) is 0 Å². The second-order valence-electron chi connectivity index (χ2n) is 8.09. The standard InChI is InChI=1S/C21H33N2O9P3/c1-4-32-35(28,29)16-23(12-17-6-5-7-21(22)11-17)13-18-8-19(14-33(24,25)30-2)10-20(9-18)15-34(26,27)31-3/h5-11H,4,12-16,22H2,1-3H3,(H,24,25)(H,26,27)(H,28,29). The molecule has 2 rings (SSSR count). The lowest BCUT2D eigenvalue weighted by atomic mass is 10.1. The summed E-state index contributed by atoms with van der Waals surface area (Å²) in [4.78, 5) is 34.0. The average molecular weight is 550 g/mol. The normalized spacial score (nSPS) is 17.0. The van der Waals surface area contributed by atoms with Crippen molar-refractivity contribution in [3.8, 4) is 0 Å². The summed E-state index contributed by atoms with van der Waals surface area (Å²) in [5, 5.41) is 0. The van der Waals surface area contributed by atoms with Gasteiger partial charge in [-0.2, -0.15) is 0 Å². The van der Waals surface area contributed by atoms with Gasteiger partial charge in [-0.25, -0.2) is 0 Å². The Labute approximate surface area is 205 Å². The van der Waals surface area contributed by atoms with Crippen molar-refractivity contribution in [1.29, 1.82) is 0 Å². The smallest absolute Gasteiger partial charge is 0.342 e. The van der Waals surface area contributed by atoms with E-state index in [9.17, 15) is 28.4 Å². The highest BCUT2D eigenvalue weighted by molar-refractivity contribution is 7.52. The third-order valence-corrected chi connectivity index (χ3v) is 9.01. The van der Waals surface area contributed by atoms with Crippen molar-refractivity contribution in [3.05, 3.63) is 64.7 Å². The zero-order chi connectivity index (χ0) is 26.3. The van der Waals surface area contributed by atoms with Gasteiger partial charge in [0.15, 0.2) is 0 Å². The highest BCUT2D eigenvalue weighted by Gasteiger charge is 2.25. The fraction of sp³-hybridized carbons (Fsp3) is 0.429. The van der Waals surface area contributed by atoms with Crippen molar-refractivity contribution in [2.45, 2.75) is 32.3 Å². The van der Waals surface area contributed by atoms with Crippen LogP contribution in [0.25, 0.3) is 0 Å². The third-order valence-electron chi connectivity index (χ3n) is 4.95. The van der Waals surface area contributed by atoms with Gasteiger partial charge in [0.25, 0.3) is 0 Å². The number of benzene rings is 2. The third kappa shape index (κ3) is 10.8. The summed E-state index contributed by atoms with van der Waals surface area (Å²) in [6.45, 7) is 2.11. The van der Waals surface area contributed by atoms with Crippen LogP contribution in [-0.4, -0.2) is 41.8 Å². The quantitative estimate of drug-likeness (QED) is 0.297. The molecular weight excluding hydrogens is 517 g/mol. The fourth-order valence-electron chi connectivity index (χ4n) is 3.59. The predicted octanol–water partition coefficient (Wildman–Crippen LogP) is 2.77. The maximum absolute atomic E-state index is 12.6. The Morgan fingerprint density at radius 3 is 2.06 bits per heavy atom. The molecule has 3 unspecified atom stereocenters. The van der Waals surface area contributed by atoms with Crippen LogP contribution in [0.2, 0.25) is 0 Å². The van der Waals surface area contributed by atoms with Crippen LogP contribution in [0.4, 0.5) is 5.69 Å². The van der Waals surface area contributed by atoms with Crippen LogP contribution < -0.4 is 10.6 Å². The molecule has 0 spiro atoms. The van der Waals surface area contributed by atoms with E-state index in [1.54, 1.807) is 24.0 Å². The van der Waals surface area contributed by atoms with Crippen molar-refractivity contribution < 1.29 is 47.7 Å². The average Bonchev–Trinajstić information content (AvgIpc) is 2.72. The number of quaternary nitrogens is 1. The molecular formula is C21H33N2O9P3. The molecule has 0 aliphatic heterocycles. The van der Waals surface area contributed by atoms with Gasteiger partial charge in [0, 0.05) is 39.5 Å². The molecule has 2 aromatic rings. The molecule has 0 heterocycles. The van der Waals surface area contributed by atoms with E-state index in [2.05, 4.69) is 14.8 Å². The summed E-state index contributed by atoms with van der Waals surface area (Å²) in [5.74, 6) is 0. The summed E-state index contributed by atoms with van der Waals surface area (Å²) >= 11 is 0. The van der Waals surface area contributed by atoms with E-state index >= 15 is 0 Å². The largest absolute Gasteiger partial charge is 0.778 e. The maximum atomic E-state index is 12.6. The molecule has 14 heteroatoms. The lowest BCUT2D eigenvalue weighted by molar-refractivity contribution is -0.254. The van der Waals surface area contributed by atoms with Gasteiger partial charge < -0.3 is 38.6 Å². The van der Waals surface area contributed by atoms with Gasteiger partial charge in [-0.15, -0.1) is 0 Å². The molecule has 0 radical (unpaired) electrons. The number of hydrogen-bond donors (Lipinski definition) is 3. The Morgan fingerprint density at radius 1 is 0.886 bits per heavy atom. The molecule has 5 N–H and O–H groups in total. The van der Waals surface area contributed by atoms with Crippen LogP contribution >= 0.6 is 22.8 Å². The monoisotopic (exact) mass is 550 g/mol. The van der Waals surface area contributed by atoms with E-state index < -0.39 is 28.9 Å². The lowest BCUT2D eigenvalue weighted by Crippen LogP contribution is -2.40. The maximum Gasteiger partial charge on any atom is 0.342 e. The molecule has 0 aromatic heterocycles. The predicted molar refractivity (Wildman–Crippen MR) is 130 cm³/mol. The van der Waals surface area contributed by atoms with E-state index in [0.29, 0.717) is 16.7 Å². The Morgan fingerprint density at radius 2 is 1.49 bits per heavy atom. The van der Waals surface area contributed by atoms with E-state index in [0.717, 1.165) is 25.5 Å². The summed E-state index contributed by atoms with van der Waals surface area (Å²) in [6, 6.07) is 12.1. The molecule has 0 aliphatic rings. The zero-order valence-electron chi connectivity index (χ0n) is 20.0. The van der Waals surface area contributed by atoms with Gasteiger partial charge >= 0.3 is 15.2 Å². The molecule has 196 valence electrons. The van der Waals surface area contributed by atoms with Crippen LogP contribution in [0.3, 0.4) is 0 Å². The molecule has 0 aliphatic carbocycles. The van der Waals surface area contributed by atoms with Gasteiger partial charge in [0.05, 0.1) is 12.8 Å². The molecule has 2 aromatic carbocycles. The second-order valence-corrected chi connectivity index (χ2v) is 13.8. The Bertz CT molecular complexity index is 1100. The summed E-state index contributed by atoms with van der Waals surface area (Å²) in [5.41, 5.74) is 6.86. The van der Waals surface area contributed by atoms with Crippen LogP contribution in [0, 0.1) is 0 Å². The minimum absolute atomic E-state index is 0.0637. The van der Waals surface area contributed by atoms with E-state index in [1.165, 1.54) is 6.07 Å². The van der Waals surface area contributed by atoms with Gasteiger partial charge in [-0.3, -0.25) is 14.0 Å². The van der Waals surface area contributed by atoms with E-state index in [1.807, 2.05) is 24.3 Å². The minimum Gasteiger partial charge on any atom is -0.778 e. The second kappa shape index (κ2) is 12.9. The Kier molecular flexibility index (Phi) is 11.0. The first kappa shape index (κ1) is 30.0. The SMILES string of the molecule is CCOP(=O)(O)CN(Cc1cccc([NH3+])c1)Cc1cc(CP(=O)([O-])OC)cc(CP(=O)(O)OC)c1. The molecule has 0 fully saturated rings. The molecule has 0 saturated carbocycles. The number of nitrogens with zero attached hydrogens (tertiary/aromatic N) is 1.